The van der Waals surface area contributed by atoms with Crippen LogP contribution in [0.1, 0.15) is 30.2 Å². The molecule has 0 fully saturated rings. The van der Waals surface area contributed by atoms with Crippen LogP contribution in [0.2, 0.25) is 0 Å². The van der Waals surface area contributed by atoms with Gasteiger partial charge in [-0.2, -0.15) is 5.26 Å². The lowest BCUT2D eigenvalue weighted by molar-refractivity contribution is -0.124. The molecule has 2 atom stereocenters. The summed E-state index contributed by atoms with van der Waals surface area (Å²) >= 11 is 0. The van der Waals surface area contributed by atoms with Gasteiger partial charge in [0.2, 0.25) is 11.8 Å². The Bertz CT molecular complexity index is 643. The van der Waals surface area contributed by atoms with Gasteiger partial charge in [0.15, 0.2) is 0 Å². The zero-order chi connectivity index (χ0) is 15.2. The number of nitriles is 1. The molecule has 0 saturated heterocycles. The van der Waals surface area contributed by atoms with Crippen LogP contribution in [0.4, 0.5) is 0 Å². The first-order valence-electron chi connectivity index (χ1n) is 6.76. The predicted molar refractivity (Wildman–Crippen MR) is 77.0 cm³/mol. The summed E-state index contributed by atoms with van der Waals surface area (Å²) in [4.78, 5) is 16.2. The van der Waals surface area contributed by atoms with Gasteiger partial charge in [-0.1, -0.05) is 30.3 Å². The maximum absolute atomic E-state index is 12.2. The normalized spacial score (nSPS) is 13.2. The quantitative estimate of drug-likeness (QED) is 0.914. The number of amides is 1. The van der Waals surface area contributed by atoms with E-state index in [1.165, 1.54) is 0 Å². The lowest BCUT2D eigenvalue weighted by Gasteiger charge is -2.14. The summed E-state index contributed by atoms with van der Waals surface area (Å²) < 4.78 is 5.37. The van der Waals surface area contributed by atoms with Gasteiger partial charge in [0.05, 0.1) is 12.3 Å². The van der Waals surface area contributed by atoms with E-state index in [1.807, 2.05) is 36.4 Å². The second kappa shape index (κ2) is 6.71. The molecule has 0 spiro atoms. The first-order chi connectivity index (χ1) is 10.1. The number of nitrogens with zero attached hydrogens (tertiary/aromatic N) is 2. The first kappa shape index (κ1) is 14.8. The number of hydrogen-bond donors (Lipinski definition) is 1. The monoisotopic (exact) mass is 283 g/mol. The summed E-state index contributed by atoms with van der Waals surface area (Å²) in [6.07, 6.45) is 1.99. The van der Waals surface area contributed by atoms with Crippen LogP contribution in [0.3, 0.4) is 0 Å². The zero-order valence-corrected chi connectivity index (χ0v) is 12.0. The van der Waals surface area contributed by atoms with Gasteiger partial charge in [-0.3, -0.25) is 4.79 Å². The lowest BCUT2D eigenvalue weighted by Crippen LogP contribution is -2.33. The topological polar surface area (TPSA) is 78.9 Å². The van der Waals surface area contributed by atoms with Crippen molar-refractivity contribution < 1.29 is 9.21 Å². The molecule has 2 unspecified atom stereocenters. The van der Waals surface area contributed by atoms with Gasteiger partial charge >= 0.3 is 0 Å². The van der Waals surface area contributed by atoms with Crippen molar-refractivity contribution in [3.63, 3.8) is 0 Å². The molecule has 2 rings (SSSR count). The molecule has 1 aromatic heterocycles. The number of hydrogen-bond acceptors (Lipinski definition) is 4. The highest BCUT2D eigenvalue weighted by molar-refractivity contribution is 5.81. The highest BCUT2D eigenvalue weighted by atomic mass is 16.4. The fourth-order valence-corrected chi connectivity index (χ4v) is 1.99. The molecule has 2 aromatic rings. The highest BCUT2D eigenvalue weighted by Crippen LogP contribution is 2.14. The van der Waals surface area contributed by atoms with Crippen molar-refractivity contribution in [2.75, 3.05) is 0 Å². The second-order valence-corrected chi connectivity index (χ2v) is 4.91. The number of rotatable bonds is 5. The number of carbonyl (C=O) groups excluding carboxylic acids is 1. The molecule has 0 saturated carbocycles. The van der Waals surface area contributed by atoms with Crippen LogP contribution in [0.15, 0.2) is 40.9 Å². The van der Waals surface area contributed by atoms with E-state index in [-0.39, 0.29) is 11.9 Å². The molecule has 0 aliphatic carbocycles. The third-order valence-electron chi connectivity index (χ3n) is 3.12. The van der Waals surface area contributed by atoms with Gasteiger partial charge in [-0.05, 0) is 25.8 Å². The SMILES string of the molecule is Cc1cnc(C(C)NC(=O)C(C#N)Cc2ccccc2)o1. The van der Waals surface area contributed by atoms with E-state index in [0.29, 0.717) is 18.1 Å². The molecule has 1 heterocycles. The standard InChI is InChI=1S/C16H17N3O2/c1-11-10-18-16(21-11)12(2)19-15(20)14(9-17)8-13-6-4-3-5-7-13/h3-7,10,12,14H,8H2,1-2H3,(H,19,20). The molecule has 0 aliphatic rings. The molecule has 0 bridgehead atoms. The number of benzene rings is 1. The average Bonchev–Trinajstić information content (AvgIpc) is 2.92. The molecule has 5 nitrogen and oxygen atoms in total. The van der Waals surface area contributed by atoms with Crippen LogP contribution in [-0.2, 0) is 11.2 Å². The van der Waals surface area contributed by atoms with Crippen LogP contribution >= 0.6 is 0 Å². The minimum atomic E-state index is -0.731. The maximum Gasteiger partial charge on any atom is 0.238 e. The summed E-state index contributed by atoms with van der Waals surface area (Å²) in [5.41, 5.74) is 0.957. The van der Waals surface area contributed by atoms with Crippen LogP contribution in [0, 0.1) is 24.2 Å². The fraction of sp³-hybridized carbons (Fsp3) is 0.312. The third-order valence-corrected chi connectivity index (χ3v) is 3.12. The minimum absolute atomic E-state index is 0.315. The van der Waals surface area contributed by atoms with Gasteiger partial charge in [0, 0.05) is 0 Å². The predicted octanol–water partition coefficient (Wildman–Crippen LogP) is 2.54. The number of nitrogens with one attached hydrogen (secondary N) is 1. The van der Waals surface area contributed by atoms with Crippen molar-refractivity contribution in [3.8, 4) is 6.07 Å². The summed E-state index contributed by atoms with van der Waals surface area (Å²) in [5, 5.41) is 12.0. The van der Waals surface area contributed by atoms with Gasteiger partial charge in [-0.25, -0.2) is 4.98 Å². The molecule has 108 valence electrons. The zero-order valence-electron chi connectivity index (χ0n) is 12.0. The molecule has 1 amide bonds. The van der Waals surface area contributed by atoms with Crippen molar-refractivity contribution in [2.24, 2.45) is 5.92 Å². The molecular formula is C16H17N3O2. The molecule has 1 N–H and O–H groups in total. The molecular weight excluding hydrogens is 266 g/mol. The Morgan fingerprint density at radius 3 is 2.71 bits per heavy atom. The van der Waals surface area contributed by atoms with E-state index in [0.717, 1.165) is 5.56 Å². The van der Waals surface area contributed by atoms with E-state index in [4.69, 9.17) is 4.42 Å². The Morgan fingerprint density at radius 2 is 2.14 bits per heavy atom. The number of aryl methyl sites for hydroxylation is 1. The molecule has 0 radical (unpaired) electrons. The average molecular weight is 283 g/mol. The van der Waals surface area contributed by atoms with Crippen LogP contribution in [-0.4, -0.2) is 10.9 Å². The van der Waals surface area contributed by atoms with Gasteiger partial charge in [0.25, 0.3) is 0 Å². The minimum Gasteiger partial charge on any atom is -0.444 e. The van der Waals surface area contributed by atoms with E-state index in [1.54, 1.807) is 20.0 Å². The smallest absolute Gasteiger partial charge is 0.238 e. The van der Waals surface area contributed by atoms with Gasteiger partial charge in [-0.15, -0.1) is 0 Å². The summed E-state index contributed by atoms with van der Waals surface area (Å²) in [6, 6.07) is 11.2. The van der Waals surface area contributed by atoms with E-state index < -0.39 is 5.92 Å². The Morgan fingerprint density at radius 1 is 1.43 bits per heavy atom. The first-order valence-corrected chi connectivity index (χ1v) is 6.76. The van der Waals surface area contributed by atoms with Gasteiger partial charge < -0.3 is 9.73 Å². The summed E-state index contributed by atoms with van der Waals surface area (Å²) in [7, 11) is 0. The van der Waals surface area contributed by atoms with Crippen molar-refractivity contribution in [2.45, 2.75) is 26.3 Å². The molecule has 5 heteroatoms. The summed E-state index contributed by atoms with van der Waals surface area (Å²) in [5.74, 6) is 0.0834. The van der Waals surface area contributed by atoms with Crippen molar-refractivity contribution >= 4 is 5.91 Å². The van der Waals surface area contributed by atoms with Crippen molar-refractivity contribution in [3.05, 3.63) is 53.7 Å². The Balaban J connectivity index is 1.99. The summed E-state index contributed by atoms with van der Waals surface area (Å²) in [6.45, 7) is 3.57. The molecule has 21 heavy (non-hydrogen) atoms. The maximum atomic E-state index is 12.2. The van der Waals surface area contributed by atoms with Gasteiger partial charge in [0.1, 0.15) is 17.7 Å². The Hall–Kier alpha value is -2.61. The van der Waals surface area contributed by atoms with Crippen molar-refractivity contribution in [1.82, 2.24) is 10.3 Å². The van der Waals surface area contributed by atoms with E-state index >= 15 is 0 Å². The van der Waals surface area contributed by atoms with Crippen LogP contribution in [0.5, 0.6) is 0 Å². The van der Waals surface area contributed by atoms with E-state index in [2.05, 4.69) is 10.3 Å². The Labute approximate surface area is 123 Å². The number of oxazole rings is 1. The largest absolute Gasteiger partial charge is 0.444 e. The second-order valence-electron chi connectivity index (χ2n) is 4.91. The highest BCUT2D eigenvalue weighted by Gasteiger charge is 2.22. The fourth-order valence-electron chi connectivity index (χ4n) is 1.99. The Kier molecular flexibility index (Phi) is 4.72. The lowest BCUT2D eigenvalue weighted by atomic mass is 9.99. The van der Waals surface area contributed by atoms with E-state index in [9.17, 15) is 10.1 Å². The molecule has 0 aliphatic heterocycles. The third kappa shape index (κ3) is 3.93. The van der Waals surface area contributed by atoms with Crippen molar-refractivity contribution in [1.29, 1.82) is 5.26 Å². The number of carbonyl (C=O) groups is 1. The van der Waals surface area contributed by atoms with Crippen LogP contribution < -0.4 is 5.32 Å². The van der Waals surface area contributed by atoms with Crippen LogP contribution in [0.25, 0.3) is 0 Å². The molecule has 1 aromatic carbocycles. The number of aromatic nitrogens is 1.